The van der Waals surface area contributed by atoms with Crippen molar-refractivity contribution < 1.29 is 17.9 Å². The van der Waals surface area contributed by atoms with Gasteiger partial charge in [0.05, 0.1) is 34.4 Å². The molecule has 0 spiro atoms. The molecule has 0 bridgehead atoms. The molecule has 5 rings (SSSR count). The first-order valence-corrected chi connectivity index (χ1v) is 13.6. The molecule has 1 fully saturated rings. The summed E-state index contributed by atoms with van der Waals surface area (Å²) in [7, 11) is 5.90. The Morgan fingerprint density at radius 1 is 1.05 bits per heavy atom. The lowest BCUT2D eigenvalue weighted by Gasteiger charge is -2.42. The van der Waals surface area contributed by atoms with Gasteiger partial charge in [-0.25, -0.2) is 0 Å². The average Bonchev–Trinajstić information content (AvgIpc) is 3.33. The molecule has 0 amide bonds. The van der Waals surface area contributed by atoms with Gasteiger partial charge in [-0.1, -0.05) is 17.7 Å². The summed E-state index contributed by atoms with van der Waals surface area (Å²) in [6, 6.07) is 8.58. The minimum absolute atomic E-state index is 0.0866. The van der Waals surface area contributed by atoms with Crippen molar-refractivity contribution >= 4 is 34.2 Å². The minimum Gasteiger partial charge on any atom is -0.491 e. The number of hydrogen-bond acceptors (Lipinski definition) is 7. The molecule has 2 aromatic carbocycles. The van der Waals surface area contributed by atoms with Crippen molar-refractivity contribution in [2.24, 2.45) is 0 Å². The van der Waals surface area contributed by atoms with E-state index < -0.39 is 11.7 Å². The first-order chi connectivity index (χ1) is 18.9. The lowest BCUT2D eigenvalue weighted by Crippen LogP contribution is -2.55. The van der Waals surface area contributed by atoms with Crippen molar-refractivity contribution in [2.45, 2.75) is 38.5 Å². The Morgan fingerprint density at radius 2 is 1.77 bits per heavy atom. The number of alkyl halides is 3. The number of ether oxygens (including phenoxy) is 1. The van der Waals surface area contributed by atoms with Crippen LogP contribution in [0, 0.1) is 0 Å². The van der Waals surface area contributed by atoms with Gasteiger partial charge in [-0.05, 0) is 76.8 Å². The molecule has 214 valence electrons. The van der Waals surface area contributed by atoms with Crippen molar-refractivity contribution in [1.82, 2.24) is 29.4 Å². The Kier molecular flexibility index (Phi) is 7.82. The van der Waals surface area contributed by atoms with Crippen LogP contribution in [-0.2, 0) is 6.18 Å². The molecule has 1 aliphatic heterocycles. The minimum atomic E-state index is -4.64. The molecule has 0 N–H and O–H groups in total. The monoisotopic (exact) mass is 575 g/mol. The fourth-order valence-corrected chi connectivity index (χ4v) is 5.44. The molecule has 2 atom stereocenters. The van der Waals surface area contributed by atoms with Crippen LogP contribution in [0.5, 0.6) is 5.75 Å². The second kappa shape index (κ2) is 11.0. The lowest BCUT2D eigenvalue weighted by atomic mass is 10.0. The zero-order valence-corrected chi connectivity index (χ0v) is 24.0. The number of rotatable bonds is 7. The normalized spacial score (nSPS) is 18.8. The summed E-state index contributed by atoms with van der Waals surface area (Å²) in [6.45, 7) is 6.69. The van der Waals surface area contributed by atoms with Crippen LogP contribution in [0.15, 0.2) is 36.5 Å². The van der Waals surface area contributed by atoms with Crippen LogP contribution in [-0.4, -0.2) is 88.8 Å². The maximum Gasteiger partial charge on any atom is 0.420 e. The van der Waals surface area contributed by atoms with Gasteiger partial charge in [-0.2, -0.15) is 13.2 Å². The Labute approximate surface area is 236 Å². The van der Waals surface area contributed by atoms with Gasteiger partial charge in [0, 0.05) is 31.7 Å². The quantitative estimate of drug-likeness (QED) is 0.271. The van der Waals surface area contributed by atoms with Gasteiger partial charge in [-0.3, -0.25) is 14.3 Å². The van der Waals surface area contributed by atoms with E-state index in [1.165, 1.54) is 6.07 Å². The van der Waals surface area contributed by atoms with Gasteiger partial charge in [0.2, 0.25) is 5.95 Å². The molecular weight excluding hydrogens is 543 g/mol. The zero-order chi connectivity index (χ0) is 28.8. The summed E-state index contributed by atoms with van der Waals surface area (Å²) >= 11 is 6.41. The smallest absolute Gasteiger partial charge is 0.420 e. The Bertz CT molecular complexity index is 1510. The van der Waals surface area contributed by atoms with Crippen molar-refractivity contribution in [1.29, 1.82) is 0 Å². The number of hydrogen-bond donors (Lipinski definition) is 0. The van der Waals surface area contributed by atoms with Gasteiger partial charge in [0.25, 0.3) is 0 Å². The van der Waals surface area contributed by atoms with Gasteiger partial charge in [0.1, 0.15) is 5.75 Å². The molecule has 1 aliphatic rings. The summed E-state index contributed by atoms with van der Waals surface area (Å²) in [5.74, 6) is 0.336. The third kappa shape index (κ3) is 5.55. The maximum absolute atomic E-state index is 14.1. The predicted octanol–water partition coefficient (Wildman–Crippen LogP) is 5.48. The van der Waals surface area contributed by atoms with E-state index in [-0.39, 0.29) is 17.4 Å². The molecule has 8 nitrogen and oxygen atoms in total. The van der Waals surface area contributed by atoms with Crippen molar-refractivity contribution in [2.75, 3.05) is 52.3 Å². The topological polar surface area (TPSA) is 62.0 Å². The molecule has 12 heteroatoms. The largest absolute Gasteiger partial charge is 0.491 e. The number of anilines is 1. The Hall–Kier alpha value is -3.15. The van der Waals surface area contributed by atoms with Crippen LogP contribution >= 0.6 is 11.6 Å². The van der Waals surface area contributed by atoms with E-state index in [9.17, 15) is 13.2 Å². The fraction of sp³-hybridized carbons (Fsp3) is 0.464. The van der Waals surface area contributed by atoms with Crippen LogP contribution in [0.3, 0.4) is 0 Å². The average molecular weight is 576 g/mol. The van der Waals surface area contributed by atoms with E-state index in [0.29, 0.717) is 58.8 Å². The molecule has 4 aromatic rings. The molecule has 0 unspecified atom stereocenters. The number of benzene rings is 2. The molecule has 2 aromatic heterocycles. The third-order valence-corrected chi connectivity index (χ3v) is 7.81. The van der Waals surface area contributed by atoms with Crippen LogP contribution in [0.25, 0.3) is 27.8 Å². The highest BCUT2D eigenvalue weighted by atomic mass is 35.5. The maximum atomic E-state index is 14.1. The lowest BCUT2D eigenvalue weighted by molar-refractivity contribution is -0.138. The van der Waals surface area contributed by atoms with Crippen molar-refractivity contribution in [3.05, 3.63) is 47.1 Å². The van der Waals surface area contributed by atoms with Crippen LogP contribution in [0.1, 0.15) is 25.8 Å². The van der Waals surface area contributed by atoms with E-state index in [1.807, 2.05) is 29.5 Å². The molecule has 3 heterocycles. The van der Waals surface area contributed by atoms with Crippen molar-refractivity contribution in [3.8, 4) is 16.9 Å². The summed E-state index contributed by atoms with van der Waals surface area (Å²) in [5, 5.41) is 8.73. The highest BCUT2D eigenvalue weighted by molar-refractivity contribution is 6.32. The van der Waals surface area contributed by atoms with Crippen LogP contribution in [0.2, 0.25) is 5.02 Å². The second-order valence-corrected chi connectivity index (χ2v) is 11.2. The molecule has 1 saturated heterocycles. The number of piperazine rings is 1. The third-order valence-electron chi connectivity index (χ3n) is 7.53. The highest BCUT2D eigenvalue weighted by Crippen LogP contribution is 2.43. The standard InChI is InChI=1S/C28H33ClF3N7O/c1-17-15-38(16-18(2)37(17)5)27-35-34-25-14-33-23-8-7-19(13-24(23)39(25)27)20-11-21(28(30,31)32)26(22(29)12-20)40-10-6-9-36(3)4/h7-8,11-14,17-18H,6,9-10,15-16H2,1-5H3/t17-,18+. The SMILES string of the molecule is C[C@@H]1CN(c2nnc3cnc4ccc(-c5cc(Cl)c(OCCCN(C)C)c(C(F)(F)F)c5)cc4n23)C[C@H](C)N1C. The van der Waals surface area contributed by atoms with E-state index in [4.69, 9.17) is 16.3 Å². The Morgan fingerprint density at radius 3 is 2.45 bits per heavy atom. The van der Waals surface area contributed by atoms with Gasteiger partial charge in [-0.15, -0.1) is 10.2 Å². The van der Waals surface area contributed by atoms with E-state index >= 15 is 0 Å². The number of halogens is 4. The van der Waals surface area contributed by atoms with E-state index in [0.717, 1.165) is 19.2 Å². The van der Waals surface area contributed by atoms with Crippen LogP contribution in [0.4, 0.5) is 19.1 Å². The summed E-state index contributed by atoms with van der Waals surface area (Å²) in [5.41, 5.74) is 1.93. The van der Waals surface area contributed by atoms with Crippen LogP contribution < -0.4 is 9.64 Å². The highest BCUT2D eigenvalue weighted by Gasteiger charge is 2.36. The van der Waals surface area contributed by atoms with E-state index in [1.54, 1.807) is 18.3 Å². The molecule has 0 saturated carbocycles. The predicted molar refractivity (Wildman–Crippen MR) is 151 cm³/mol. The summed E-state index contributed by atoms with van der Waals surface area (Å²) < 4.78 is 49.9. The van der Waals surface area contributed by atoms with Gasteiger partial charge in [0.15, 0.2) is 5.65 Å². The zero-order valence-electron chi connectivity index (χ0n) is 23.2. The first kappa shape index (κ1) is 28.4. The second-order valence-electron chi connectivity index (χ2n) is 10.8. The van der Waals surface area contributed by atoms with Crippen molar-refractivity contribution in [3.63, 3.8) is 0 Å². The molecular formula is C28H33ClF3N7O. The summed E-state index contributed by atoms with van der Waals surface area (Å²) in [4.78, 5) is 11.0. The fourth-order valence-electron chi connectivity index (χ4n) is 5.17. The van der Waals surface area contributed by atoms with Gasteiger partial charge < -0.3 is 14.5 Å². The number of fused-ring (bicyclic) bond motifs is 3. The van der Waals surface area contributed by atoms with E-state index in [2.05, 4.69) is 45.9 Å². The Balaban J connectivity index is 1.57. The molecule has 0 aliphatic carbocycles. The van der Waals surface area contributed by atoms with Gasteiger partial charge >= 0.3 is 6.18 Å². The first-order valence-electron chi connectivity index (χ1n) is 13.2. The molecule has 40 heavy (non-hydrogen) atoms. The number of aromatic nitrogens is 4. The number of likely N-dealkylation sites (N-methyl/N-ethyl adjacent to an activating group) is 1. The summed E-state index contributed by atoms with van der Waals surface area (Å²) in [6.07, 6.45) is -2.41. The molecule has 0 radical (unpaired) electrons. The number of nitrogens with zero attached hydrogens (tertiary/aromatic N) is 7.